The number of nitrogens with two attached hydrogens (primary N) is 1. The zero-order valence-electron chi connectivity index (χ0n) is 6.33. The Morgan fingerprint density at radius 2 is 2.25 bits per heavy atom. The zero-order valence-corrected chi connectivity index (χ0v) is 6.33. The van der Waals surface area contributed by atoms with Crippen molar-refractivity contribution >= 4 is 11.5 Å². The Balaban J connectivity index is 3.43. The van der Waals surface area contributed by atoms with Crippen LogP contribution in [0.25, 0.3) is 0 Å². The number of nitrogens with zero attached hydrogens (tertiary/aromatic N) is 1. The second-order valence-electron chi connectivity index (χ2n) is 2.34. The summed E-state index contributed by atoms with van der Waals surface area (Å²) in [6, 6.07) is 1.27. The van der Waals surface area contributed by atoms with Crippen LogP contribution in [0.15, 0.2) is 10.9 Å². The molecule has 0 aliphatic heterocycles. The van der Waals surface area contributed by atoms with Crippen LogP contribution in [0.4, 0.5) is 11.5 Å². The molecule has 12 heavy (non-hydrogen) atoms. The SMILES string of the molecule is Cc1cc(N)c([N+](=O)[O-])[nH]c1=O. The van der Waals surface area contributed by atoms with E-state index in [1.807, 2.05) is 0 Å². The molecule has 0 spiro atoms. The van der Waals surface area contributed by atoms with E-state index in [9.17, 15) is 14.9 Å². The number of nitrogens with one attached hydrogen (secondary N) is 1. The van der Waals surface area contributed by atoms with Gasteiger partial charge in [-0.25, -0.2) is 9.78 Å². The van der Waals surface area contributed by atoms with Crippen LogP contribution < -0.4 is 11.3 Å². The first-order valence-electron chi connectivity index (χ1n) is 3.16. The molecule has 0 atom stereocenters. The number of anilines is 1. The normalized spacial score (nSPS) is 9.75. The fourth-order valence-corrected chi connectivity index (χ4v) is 0.797. The predicted molar refractivity (Wildman–Crippen MR) is 42.9 cm³/mol. The van der Waals surface area contributed by atoms with E-state index >= 15 is 0 Å². The van der Waals surface area contributed by atoms with Gasteiger partial charge in [0.25, 0.3) is 0 Å². The van der Waals surface area contributed by atoms with E-state index in [1.165, 1.54) is 13.0 Å². The Morgan fingerprint density at radius 1 is 1.67 bits per heavy atom. The van der Waals surface area contributed by atoms with E-state index < -0.39 is 16.3 Å². The van der Waals surface area contributed by atoms with Gasteiger partial charge in [-0.1, -0.05) is 0 Å². The van der Waals surface area contributed by atoms with Crippen LogP contribution in [0.1, 0.15) is 5.56 Å². The van der Waals surface area contributed by atoms with Gasteiger partial charge >= 0.3 is 11.4 Å². The minimum Gasteiger partial charge on any atom is -0.392 e. The number of aromatic nitrogens is 1. The Labute approximate surface area is 67.2 Å². The van der Waals surface area contributed by atoms with Crippen LogP contribution in [0.2, 0.25) is 0 Å². The fourth-order valence-electron chi connectivity index (χ4n) is 0.797. The van der Waals surface area contributed by atoms with Crippen LogP contribution in [-0.4, -0.2) is 9.91 Å². The number of aromatic amines is 1. The number of pyridine rings is 1. The summed E-state index contributed by atoms with van der Waals surface area (Å²) in [4.78, 5) is 22.5. The molecule has 6 nitrogen and oxygen atoms in total. The number of nitro groups is 1. The van der Waals surface area contributed by atoms with E-state index in [1.54, 1.807) is 0 Å². The summed E-state index contributed by atoms with van der Waals surface area (Å²) in [5, 5.41) is 10.2. The van der Waals surface area contributed by atoms with Crippen molar-refractivity contribution < 1.29 is 4.92 Å². The molecule has 0 fully saturated rings. The van der Waals surface area contributed by atoms with Gasteiger partial charge in [0.1, 0.15) is 5.69 Å². The van der Waals surface area contributed by atoms with Crippen LogP contribution in [0, 0.1) is 17.0 Å². The quantitative estimate of drug-likeness (QED) is 0.462. The highest BCUT2D eigenvalue weighted by Crippen LogP contribution is 2.15. The topological polar surface area (TPSA) is 102 Å². The smallest absolute Gasteiger partial charge is 0.346 e. The van der Waals surface area contributed by atoms with E-state index in [4.69, 9.17) is 5.73 Å². The van der Waals surface area contributed by atoms with E-state index in [2.05, 4.69) is 4.98 Å². The van der Waals surface area contributed by atoms with Gasteiger partial charge in [-0.15, -0.1) is 0 Å². The van der Waals surface area contributed by atoms with Crippen molar-refractivity contribution in [3.8, 4) is 0 Å². The van der Waals surface area contributed by atoms with Crippen molar-refractivity contribution in [2.75, 3.05) is 5.73 Å². The Bertz CT molecular complexity index is 382. The summed E-state index contributed by atoms with van der Waals surface area (Å²) in [6.07, 6.45) is 0. The van der Waals surface area contributed by atoms with Crippen LogP contribution in [0.5, 0.6) is 0 Å². The van der Waals surface area contributed by atoms with E-state index in [0.29, 0.717) is 5.56 Å². The number of hydrogen-bond acceptors (Lipinski definition) is 4. The number of hydrogen-bond donors (Lipinski definition) is 2. The summed E-state index contributed by atoms with van der Waals surface area (Å²) in [7, 11) is 0. The van der Waals surface area contributed by atoms with Crippen LogP contribution in [-0.2, 0) is 0 Å². The molecular formula is C6H7N3O3. The lowest BCUT2D eigenvalue weighted by Gasteiger charge is -1.97. The molecule has 0 bridgehead atoms. The van der Waals surface area contributed by atoms with Gasteiger partial charge in [0.2, 0.25) is 0 Å². The molecular weight excluding hydrogens is 162 g/mol. The van der Waals surface area contributed by atoms with Crippen molar-refractivity contribution in [2.45, 2.75) is 6.92 Å². The highest BCUT2D eigenvalue weighted by atomic mass is 16.6. The first kappa shape index (κ1) is 8.25. The lowest BCUT2D eigenvalue weighted by atomic mass is 10.3. The highest BCUT2D eigenvalue weighted by Gasteiger charge is 2.11. The number of H-pyrrole nitrogens is 1. The Morgan fingerprint density at radius 3 is 2.75 bits per heavy atom. The van der Waals surface area contributed by atoms with Gasteiger partial charge < -0.3 is 15.8 Å². The largest absolute Gasteiger partial charge is 0.392 e. The van der Waals surface area contributed by atoms with Crippen molar-refractivity contribution in [2.24, 2.45) is 0 Å². The molecule has 0 saturated carbocycles. The molecule has 6 heteroatoms. The molecule has 0 aliphatic carbocycles. The summed E-state index contributed by atoms with van der Waals surface area (Å²) in [6.45, 7) is 1.53. The van der Waals surface area contributed by atoms with Crippen LogP contribution >= 0.6 is 0 Å². The highest BCUT2D eigenvalue weighted by molar-refractivity contribution is 5.53. The van der Waals surface area contributed by atoms with Gasteiger partial charge in [0.05, 0.1) is 0 Å². The molecule has 0 radical (unpaired) electrons. The van der Waals surface area contributed by atoms with E-state index in [-0.39, 0.29) is 5.69 Å². The molecule has 0 aliphatic rings. The molecule has 0 saturated heterocycles. The summed E-state index contributed by atoms with van der Waals surface area (Å²) in [5.74, 6) is -0.453. The standard InChI is InChI=1S/C6H7N3O3/c1-3-2-4(7)5(9(11)12)8-6(3)10/h2H,7H2,1H3,(H,8,10). The molecule has 3 N–H and O–H groups in total. The zero-order chi connectivity index (χ0) is 9.30. The van der Waals surface area contributed by atoms with Crippen molar-refractivity contribution in [1.82, 2.24) is 4.98 Å². The first-order chi connectivity index (χ1) is 5.52. The number of nitrogen functional groups attached to an aromatic ring is 1. The van der Waals surface area contributed by atoms with Crippen molar-refractivity contribution in [1.29, 1.82) is 0 Å². The van der Waals surface area contributed by atoms with Crippen molar-refractivity contribution in [3.63, 3.8) is 0 Å². The van der Waals surface area contributed by atoms with Crippen LogP contribution in [0.3, 0.4) is 0 Å². The number of rotatable bonds is 1. The molecule has 1 rings (SSSR count). The Hall–Kier alpha value is -1.85. The third-order valence-electron chi connectivity index (χ3n) is 1.42. The minimum atomic E-state index is -0.726. The maximum absolute atomic E-state index is 10.9. The molecule has 0 aromatic carbocycles. The maximum Gasteiger partial charge on any atom is 0.346 e. The van der Waals surface area contributed by atoms with Gasteiger partial charge in [-0.3, -0.25) is 0 Å². The molecule has 0 unspecified atom stereocenters. The van der Waals surface area contributed by atoms with Gasteiger partial charge in [0.15, 0.2) is 0 Å². The Kier molecular flexibility index (Phi) is 1.82. The molecule has 1 heterocycles. The predicted octanol–water partition coefficient (Wildman–Crippen LogP) is 0.174. The van der Waals surface area contributed by atoms with Gasteiger partial charge in [-0.05, 0) is 17.9 Å². The number of aryl methyl sites for hydroxylation is 1. The molecule has 0 amide bonds. The minimum absolute atomic E-state index is 0.0305. The average molecular weight is 169 g/mol. The van der Waals surface area contributed by atoms with Crippen molar-refractivity contribution in [3.05, 3.63) is 32.1 Å². The summed E-state index contributed by atoms with van der Waals surface area (Å²) in [5.41, 5.74) is 5.12. The molecule has 1 aromatic rings. The summed E-state index contributed by atoms with van der Waals surface area (Å²) < 4.78 is 0. The fraction of sp³-hybridized carbons (Fsp3) is 0.167. The van der Waals surface area contributed by atoms with Gasteiger partial charge in [-0.2, -0.15) is 0 Å². The second kappa shape index (κ2) is 2.65. The third kappa shape index (κ3) is 1.26. The second-order valence-corrected chi connectivity index (χ2v) is 2.34. The first-order valence-corrected chi connectivity index (χ1v) is 3.16. The lowest BCUT2D eigenvalue weighted by Crippen LogP contribution is -2.13. The molecule has 64 valence electrons. The average Bonchev–Trinajstić information content (AvgIpc) is 1.96. The lowest BCUT2D eigenvalue weighted by molar-refractivity contribution is -0.388. The maximum atomic E-state index is 10.9. The molecule has 1 aromatic heterocycles. The summed E-state index contributed by atoms with van der Waals surface area (Å²) >= 11 is 0. The monoisotopic (exact) mass is 169 g/mol. The van der Waals surface area contributed by atoms with E-state index in [0.717, 1.165) is 0 Å². The third-order valence-corrected chi connectivity index (χ3v) is 1.42. The van der Waals surface area contributed by atoms with Gasteiger partial charge in [0, 0.05) is 5.56 Å².